The average molecular weight is 396 g/mol. The average Bonchev–Trinajstić information content (AvgIpc) is 3.06. The fraction of sp³-hybridized carbons (Fsp3) is 0.353. The molecule has 140 valence electrons. The predicted octanol–water partition coefficient (Wildman–Crippen LogP) is 3.07. The smallest absolute Gasteiger partial charge is 0.342 e. The van der Waals surface area contributed by atoms with E-state index in [9.17, 15) is 13.2 Å². The third-order valence-electron chi connectivity index (χ3n) is 4.00. The van der Waals surface area contributed by atoms with Crippen molar-refractivity contribution in [1.82, 2.24) is 5.32 Å². The number of fused-ring (bicyclic) bond motifs is 1. The first-order valence-corrected chi connectivity index (χ1v) is 10.8. The molecular weight excluding hydrogens is 376 g/mol. The summed E-state index contributed by atoms with van der Waals surface area (Å²) in [5, 5.41) is 9.05. The van der Waals surface area contributed by atoms with Gasteiger partial charge in [0.05, 0.1) is 11.3 Å². The Balaban J connectivity index is 1.73. The molecular formula is C17H20N2O5S2. The molecule has 0 bridgehead atoms. The lowest BCUT2D eigenvalue weighted by molar-refractivity contribution is 0.481. The Bertz CT molecular complexity index is 998. The number of allylic oxidation sites excluding steroid dienone is 1. The highest BCUT2D eigenvalue weighted by atomic mass is 32.2. The molecule has 0 saturated carbocycles. The van der Waals surface area contributed by atoms with Gasteiger partial charge in [-0.15, -0.1) is 11.8 Å². The van der Waals surface area contributed by atoms with E-state index >= 15 is 0 Å². The van der Waals surface area contributed by atoms with E-state index in [1.807, 2.05) is 23.6 Å². The molecule has 3 N–H and O–H groups in total. The monoisotopic (exact) mass is 396 g/mol. The molecule has 0 aliphatic carbocycles. The molecule has 1 atom stereocenters. The lowest BCUT2D eigenvalue weighted by Crippen LogP contribution is -2.19. The molecule has 2 aromatic rings. The van der Waals surface area contributed by atoms with Crippen molar-refractivity contribution >= 4 is 38.5 Å². The van der Waals surface area contributed by atoms with Gasteiger partial charge in [-0.2, -0.15) is 8.42 Å². The second-order valence-corrected chi connectivity index (χ2v) is 8.52. The lowest BCUT2D eigenvalue weighted by Gasteiger charge is -2.12. The van der Waals surface area contributed by atoms with Gasteiger partial charge >= 0.3 is 5.63 Å². The second-order valence-electron chi connectivity index (χ2n) is 5.97. The van der Waals surface area contributed by atoms with Crippen molar-refractivity contribution in [2.24, 2.45) is 0 Å². The Morgan fingerprint density at radius 3 is 2.85 bits per heavy atom. The first-order chi connectivity index (χ1) is 12.4. The Hall–Kier alpha value is -1.97. The SMILES string of the molecule is CCC1=CSC(c2cc3ccc(NCCCS(=O)(=O)O)cc3oc2=O)N1. The number of hydrogen-bond acceptors (Lipinski definition) is 7. The Labute approximate surface area is 155 Å². The second kappa shape index (κ2) is 7.73. The third kappa shape index (κ3) is 4.60. The maximum Gasteiger partial charge on any atom is 0.342 e. The molecule has 26 heavy (non-hydrogen) atoms. The Morgan fingerprint density at radius 1 is 1.35 bits per heavy atom. The van der Waals surface area contributed by atoms with E-state index in [4.69, 9.17) is 8.97 Å². The molecule has 9 heteroatoms. The van der Waals surface area contributed by atoms with Crippen molar-refractivity contribution in [3.8, 4) is 0 Å². The molecule has 0 amide bonds. The van der Waals surface area contributed by atoms with Crippen LogP contribution >= 0.6 is 11.8 Å². The first kappa shape index (κ1) is 18.8. The number of hydrogen-bond donors (Lipinski definition) is 3. The van der Waals surface area contributed by atoms with Crippen molar-refractivity contribution in [1.29, 1.82) is 0 Å². The van der Waals surface area contributed by atoms with Gasteiger partial charge in [0.2, 0.25) is 0 Å². The van der Waals surface area contributed by atoms with E-state index in [2.05, 4.69) is 17.6 Å². The predicted molar refractivity (Wildman–Crippen MR) is 104 cm³/mol. The van der Waals surface area contributed by atoms with Gasteiger partial charge in [0, 0.05) is 29.4 Å². The molecule has 1 aliphatic rings. The van der Waals surface area contributed by atoms with Crippen LogP contribution in [0.2, 0.25) is 0 Å². The van der Waals surface area contributed by atoms with E-state index in [1.165, 1.54) is 0 Å². The summed E-state index contributed by atoms with van der Waals surface area (Å²) < 4.78 is 35.6. The van der Waals surface area contributed by atoms with Gasteiger partial charge in [-0.1, -0.05) is 6.92 Å². The van der Waals surface area contributed by atoms with Crippen molar-refractivity contribution in [2.75, 3.05) is 17.6 Å². The van der Waals surface area contributed by atoms with Crippen molar-refractivity contribution in [3.63, 3.8) is 0 Å². The zero-order chi connectivity index (χ0) is 18.7. The number of benzene rings is 1. The standard InChI is InChI=1S/C17H20N2O5S2/c1-2-12-10-25-16(19-12)14-8-11-4-5-13(9-15(11)24-17(14)20)18-6-3-7-26(21,22)23/h4-5,8-10,16,18-19H,2-3,6-7H2,1H3,(H,21,22,23). The van der Waals surface area contributed by atoms with Gasteiger partial charge in [-0.25, -0.2) is 4.79 Å². The first-order valence-electron chi connectivity index (χ1n) is 8.23. The molecule has 1 unspecified atom stereocenters. The number of rotatable bonds is 7. The van der Waals surface area contributed by atoms with Crippen LogP contribution in [0.25, 0.3) is 11.0 Å². The van der Waals surface area contributed by atoms with Crippen molar-refractivity contribution in [3.05, 3.63) is 51.4 Å². The summed E-state index contributed by atoms with van der Waals surface area (Å²) in [5.41, 5.74) is 2.48. The number of thioether (sulfide) groups is 1. The minimum Gasteiger partial charge on any atom is -0.422 e. The molecule has 0 fully saturated rings. The van der Waals surface area contributed by atoms with Crippen LogP contribution < -0.4 is 16.3 Å². The van der Waals surface area contributed by atoms with Crippen LogP contribution in [-0.4, -0.2) is 25.3 Å². The van der Waals surface area contributed by atoms with Crippen LogP contribution in [0.4, 0.5) is 5.69 Å². The topological polar surface area (TPSA) is 109 Å². The van der Waals surface area contributed by atoms with E-state index in [0.717, 1.165) is 17.5 Å². The molecule has 1 aliphatic heterocycles. The van der Waals surface area contributed by atoms with Crippen LogP contribution in [-0.2, 0) is 10.1 Å². The van der Waals surface area contributed by atoms with Gasteiger partial charge in [-0.05, 0) is 36.4 Å². The van der Waals surface area contributed by atoms with Crippen LogP contribution in [0, 0.1) is 0 Å². The van der Waals surface area contributed by atoms with Crippen LogP contribution in [0.5, 0.6) is 0 Å². The summed E-state index contributed by atoms with van der Waals surface area (Å²) in [4.78, 5) is 12.3. The maximum atomic E-state index is 12.3. The van der Waals surface area contributed by atoms with Crippen molar-refractivity contribution in [2.45, 2.75) is 25.1 Å². The normalized spacial score (nSPS) is 17.2. The highest BCUT2D eigenvalue weighted by Crippen LogP contribution is 2.34. The summed E-state index contributed by atoms with van der Waals surface area (Å²) >= 11 is 1.55. The summed E-state index contributed by atoms with van der Waals surface area (Å²) in [6, 6.07) is 7.23. The molecule has 0 spiro atoms. The maximum absolute atomic E-state index is 12.3. The molecule has 3 rings (SSSR count). The molecule has 1 aromatic carbocycles. The molecule has 0 saturated heterocycles. The summed E-state index contributed by atoms with van der Waals surface area (Å²) in [6.45, 7) is 2.43. The van der Waals surface area contributed by atoms with Crippen LogP contribution in [0.3, 0.4) is 0 Å². The fourth-order valence-electron chi connectivity index (χ4n) is 2.63. The van der Waals surface area contributed by atoms with Gasteiger partial charge in [0.25, 0.3) is 10.1 Å². The molecule has 1 aromatic heterocycles. The van der Waals surface area contributed by atoms with E-state index in [-0.39, 0.29) is 23.2 Å². The fourth-order valence-corrected chi connectivity index (χ4v) is 4.20. The molecule has 7 nitrogen and oxygen atoms in total. The number of anilines is 1. The minimum atomic E-state index is -3.95. The Morgan fingerprint density at radius 2 is 2.15 bits per heavy atom. The van der Waals surface area contributed by atoms with Gasteiger partial charge in [0.1, 0.15) is 11.0 Å². The third-order valence-corrected chi connectivity index (χ3v) is 5.87. The van der Waals surface area contributed by atoms with Gasteiger partial charge < -0.3 is 15.1 Å². The summed E-state index contributed by atoms with van der Waals surface area (Å²) in [7, 11) is -3.95. The van der Waals surface area contributed by atoms with E-state index < -0.39 is 10.1 Å². The minimum absolute atomic E-state index is 0.135. The van der Waals surface area contributed by atoms with Gasteiger partial charge in [0.15, 0.2) is 0 Å². The van der Waals surface area contributed by atoms with E-state index in [1.54, 1.807) is 17.8 Å². The number of nitrogens with one attached hydrogen (secondary N) is 2. The Kier molecular flexibility index (Phi) is 5.59. The van der Waals surface area contributed by atoms with Crippen LogP contribution in [0.1, 0.15) is 30.7 Å². The molecule has 2 heterocycles. The largest absolute Gasteiger partial charge is 0.422 e. The van der Waals surface area contributed by atoms with Gasteiger partial charge in [-0.3, -0.25) is 4.55 Å². The van der Waals surface area contributed by atoms with E-state index in [0.29, 0.717) is 23.4 Å². The van der Waals surface area contributed by atoms with Crippen LogP contribution in [0.15, 0.2) is 44.6 Å². The quantitative estimate of drug-likeness (QED) is 0.372. The van der Waals surface area contributed by atoms with Crippen molar-refractivity contribution < 1.29 is 17.4 Å². The highest BCUT2D eigenvalue weighted by Gasteiger charge is 2.21. The zero-order valence-electron chi connectivity index (χ0n) is 14.2. The zero-order valence-corrected chi connectivity index (χ0v) is 15.8. The highest BCUT2D eigenvalue weighted by molar-refractivity contribution is 8.02. The summed E-state index contributed by atoms with van der Waals surface area (Å²) in [5.74, 6) is -0.300. The lowest BCUT2D eigenvalue weighted by atomic mass is 10.1. The molecule has 0 radical (unpaired) electrons. The summed E-state index contributed by atoms with van der Waals surface area (Å²) in [6.07, 6.45) is 1.16.